The number of hydrogen-bond acceptors (Lipinski definition) is 4. The van der Waals surface area contributed by atoms with Crippen LogP contribution in [0.3, 0.4) is 0 Å². The summed E-state index contributed by atoms with van der Waals surface area (Å²) in [5, 5.41) is 11.9. The van der Waals surface area contributed by atoms with E-state index in [2.05, 4.69) is 5.32 Å². The molecule has 6 nitrogen and oxygen atoms in total. The summed E-state index contributed by atoms with van der Waals surface area (Å²) < 4.78 is 5.14. The first kappa shape index (κ1) is 18.2. The number of benzene rings is 2. The van der Waals surface area contributed by atoms with E-state index in [0.717, 1.165) is 5.56 Å². The van der Waals surface area contributed by atoms with Gasteiger partial charge in [-0.15, -0.1) is 0 Å². The van der Waals surface area contributed by atoms with Crippen molar-refractivity contribution in [3.05, 3.63) is 71.8 Å². The van der Waals surface area contributed by atoms with Crippen molar-refractivity contribution in [1.82, 2.24) is 5.32 Å². The number of esters is 1. The van der Waals surface area contributed by atoms with Crippen LogP contribution in [-0.4, -0.2) is 35.1 Å². The summed E-state index contributed by atoms with van der Waals surface area (Å²) >= 11 is 0. The molecule has 2 N–H and O–H groups in total. The summed E-state index contributed by atoms with van der Waals surface area (Å²) in [6.45, 7) is 0.921. The second-order valence-electron chi connectivity index (χ2n) is 5.72. The molecule has 0 saturated heterocycles. The van der Waals surface area contributed by atoms with Crippen molar-refractivity contribution in [3.63, 3.8) is 0 Å². The third-order valence-corrected chi connectivity index (χ3v) is 3.61. The van der Waals surface area contributed by atoms with Crippen LogP contribution in [0.2, 0.25) is 0 Å². The third-order valence-electron chi connectivity index (χ3n) is 3.61. The van der Waals surface area contributed by atoms with Gasteiger partial charge in [-0.25, -0.2) is 4.79 Å². The van der Waals surface area contributed by atoms with E-state index >= 15 is 0 Å². The predicted molar refractivity (Wildman–Crippen MR) is 91.1 cm³/mol. The highest BCUT2D eigenvalue weighted by Crippen LogP contribution is 2.18. The fourth-order valence-electron chi connectivity index (χ4n) is 2.27. The second-order valence-corrected chi connectivity index (χ2v) is 5.72. The molecule has 0 aliphatic rings. The molecule has 1 amide bonds. The van der Waals surface area contributed by atoms with Crippen LogP contribution in [0.15, 0.2) is 60.7 Å². The van der Waals surface area contributed by atoms with Crippen LogP contribution in [0.5, 0.6) is 0 Å². The van der Waals surface area contributed by atoms with E-state index in [1.807, 2.05) is 6.07 Å². The minimum atomic E-state index is -1.71. The topological polar surface area (TPSA) is 92.7 Å². The summed E-state index contributed by atoms with van der Waals surface area (Å²) in [6, 6.07) is 17.3. The Hall–Kier alpha value is -3.15. The Morgan fingerprint density at radius 3 is 2.12 bits per heavy atom. The molecule has 1 atom stereocenters. The Kier molecular flexibility index (Phi) is 5.89. The van der Waals surface area contributed by atoms with Gasteiger partial charge in [-0.3, -0.25) is 9.59 Å². The van der Waals surface area contributed by atoms with E-state index in [9.17, 15) is 19.5 Å². The summed E-state index contributed by atoms with van der Waals surface area (Å²) in [5.41, 5.74) is -0.579. The van der Waals surface area contributed by atoms with Gasteiger partial charge in [-0.1, -0.05) is 48.5 Å². The van der Waals surface area contributed by atoms with E-state index in [0.29, 0.717) is 5.56 Å². The molecule has 0 radical (unpaired) electrons. The molecule has 2 rings (SSSR count). The Labute approximate surface area is 145 Å². The molecule has 0 heterocycles. The number of rotatable bonds is 7. The molecule has 0 saturated carbocycles. The number of carboxylic acids is 1. The zero-order valence-corrected chi connectivity index (χ0v) is 13.8. The first-order valence-corrected chi connectivity index (χ1v) is 7.73. The van der Waals surface area contributed by atoms with Gasteiger partial charge in [0, 0.05) is 12.0 Å². The summed E-state index contributed by atoms with van der Waals surface area (Å²) in [6.07, 6.45) is 0.0293. The highest BCUT2D eigenvalue weighted by Gasteiger charge is 2.37. The van der Waals surface area contributed by atoms with Crippen molar-refractivity contribution in [2.24, 2.45) is 0 Å². The lowest BCUT2D eigenvalue weighted by Gasteiger charge is -2.25. The number of nitrogens with one attached hydrogen (secondary N) is 1. The lowest BCUT2D eigenvalue weighted by Crippen LogP contribution is -2.44. The number of carbonyl (C=O) groups excluding carboxylic acids is 2. The minimum absolute atomic E-state index is 0.0293. The van der Waals surface area contributed by atoms with Crippen molar-refractivity contribution in [1.29, 1.82) is 0 Å². The van der Waals surface area contributed by atoms with Gasteiger partial charge in [0.2, 0.25) is 5.60 Å². The maximum Gasteiger partial charge on any atom is 0.348 e. The molecular formula is C19H19NO5. The maximum atomic E-state index is 12.0. The zero-order valence-electron chi connectivity index (χ0n) is 13.8. The fourth-order valence-corrected chi connectivity index (χ4v) is 2.27. The van der Waals surface area contributed by atoms with Gasteiger partial charge in [0.15, 0.2) is 0 Å². The average Bonchev–Trinajstić information content (AvgIpc) is 2.61. The summed E-state index contributed by atoms with van der Waals surface area (Å²) in [7, 11) is 0. The van der Waals surface area contributed by atoms with Crippen LogP contribution in [0.4, 0.5) is 0 Å². The Balaban J connectivity index is 1.96. The molecule has 25 heavy (non-hydrogen) atoms. The van der Waals surface area contributed by atoms with Crippen molar-refractivity contribution < 1.29 is 24.2 Å². The van der Waals surface area contributed by atoms with Crippen molar-refractivity contribution in [2.45, 2.75) is 18.9 Å². The Morgan fingerprint density at radius 2 is 1.56 bits per heavy atom. The number of aliphatic carboxylic acids is 1. The molecule has 0 spiro atoms. The van der Waals surface area contributed by atoms with Gasteiger partial charge in [0.05, 0.1) is 0 Å². The standard InChI is InChI=1S/C19H19NO5/c1-19(18(23)24,12-14-8-4-2-5-9-14)25-16(21)13-20-17(22)15-10-6-3-7-11-15/h2-11H,12-13H2,1H3,(H,20,22)(H,23,24)/t19-/m0/s1. The highest BCUT2D eigenvalue weighted by atomic mass is 16.6. The molecule has 2 aromatic rings. The Morgan fingerprint density at radius 1 is 1.00 bits per heavy atom. The molecule has 6 heteroatoms. The highest BCUT2D eigenvalue weighted by molar-refractivity contribution is 5.96. The quantitative estimate of drug-likeness (QED) is 0.752. The van der Waals surface area contributed by atoms with E-state index in [4.69, 9.17) is 4.74 Å². The van der Waals surface area contributed by atoms with Gasteiger partial charge in [-0.2, -0.15) is 0 Å². The summed E-state index contributed by atoms with van der Waals surface area (Å²) in [5.74, 6) is -2.50. The van der Waals surface area contributed by atoms with Gasteiger partial charge in [-0.05, 0) is 24.6 Å². The van der Waals surface area contributed by atoms with Crippen LogP contribution in [-0.2, 0) is 20.7 Å². The average molecular weight is 341 g/mol. The van der Waals surface area contributed by atoms with E-state index in [1.165, 1.54) is 6.92 Å². The van der Waals surface area contributed by atoms with E-state index < -0.39 is 30.0 Å². The summed E-state index contributed by atoms with van der Waals surface area (Å²) in [4.78, 5) is 35.4. The molecule has 0 unspecified atom stereocenters. The maximum absolute atomic E-state index is 12.0. The van der Waals surface area contributed by atoms with Crippen molar-refractivity contribution in [3.8, 4) is 0 Å². The lowest BCUT2D eigenvalue weighted by molar-refractivity contribution is -0.175. The smallest absolute Gasteiger partial charge is 0.348 e. The van der Waals surface area contributed by atoms with Crippen molar-refractivity contribution >= 4 is 17.8 Å². The van der Waals surface area contributed by atoms with Crippen LogP contribution >= 0.6 is 0 Å². The molecule has 2 aromatic carbocycles. The van der Waals surface area contributed by atoms with Crippen LogP contribution in [0.1, 0.15) is 22.8 Å². The number of hydrogen-bond donors (Lipinski definition) is 2. The van der Waals surface area contributed by atoms with Gasteiger partial charge in [0.25, 0.3) is 5.91 Å². The van der Waals surface area contributed by atoms with Gasteiger partial charge in [0.1, 0.15) is 6.54 Å². The molecule has 0 fully saturated rings. The zero-order chi connectivity index (χ0) is 18.3. The van der Waals surface area contributed by atoms with Crippen LogP contribution in [0, 0.1) is 0 Å². The largest absolute Gasteiger partial charge is 0.478 e. The Bertz CT molecular complexity index is 745. The predicted octanol–water partition coefficient (Wildman–Crippen LogP) is 2.05. The number of carbonyl (C=O) groups is 3. The first-order chi connectivity index (χ1) is 11.9. The SMILES string of the molecule is C[C@@](Cc1ccccc1)(OC(=O)CNC(=O)c1ccccc1)C(=O)O. The molecule has 0 bridgehead atoms. The van der Waals surface area contributed by atoms with Gasteiger partial charge >= 0.3 is 11.9 Å². The fraction of sp³-hybridized carbons (Fsp3) is 0.211. The molecule has 0 aromatic heterocycles. The monoisotopic (exact) mass is 341 g/mol. The molecular weight excluding hydrogens is 322 g/mol. The van der Waals surface area contributed by atoms with Crippen molar-refractivity contribution in [2.75, 3.05) is 6.54 Å². The lowest BCUT2D eigenvalue weighted by atomic mass is 9.96. The minimum Gasteiger partial charge on any atom is -0.478 e. The number of ether oxygens (including phenoxy) is 1. The molecule has 0 aliphatic carbocycles. The molecule has 130 valence electrons. The number of carboxylic acid groups (broad SMARTS) is 1. The third kappa shape index (κ3) is 5.17. The molecule has 0 aliphatic heterocycles. The van der Waals surface area contributed by atoms with E-state index in [-0.39, 0.29) is 6.42 Å². The van der Waals surface area contributed by atoms with Crippen LogP contribution < -0.4 is 5.32 Å². The number of amides is 1. The normalized spacial score (nSPS) is 12.7. The first-order valence-electron chi connectivity index (χ1n) is 7.73. The van der Waals surface area contributed by atoms with Crippen LogP contribution in [0.25, 0.3) is 0 Å². The second kappa shape index (κ2) is 8.10. The van der Waals surface area contributed by atoms with E-state index in [1.54, 1.807) is 54.6 Å². The van der Waals surface area contributed by atoms with Gasteiger partial charge < -0.3 is 15.2 Å².